The van der Waals surface area contributed by atoms with Gasteiger partial charge in [0.2, 0.25) is 5.91 Å². The molecule has 1 amide bonds. The SMILES string of the molecule is COC(=O)C(CNC1CCN2CCCC12)NC(C)=O. The highest BCUT2D eigenvalue weighted by atomic mass is 16.5. The maximum Gasteiger partial charge on any atom is 0.329 e. The number of amides is 1. The topological polar surface area (TPSA) is 70.7 Å². The first-order valence-electron chi connectivity index (χ1n) is 6.94. The van der Waals surface area contributed by atoms with E-state index in [4.69, 9.17) is 4.74 Å². The van der Waals surface area contributed by atoms with Gasteiger partial charge in [0.05, 0.1) is 7.11 Å². The van der Waals surface area contributed by atoms with E-state index in [9.17, 15) is 9.59 Å². The molecule has 2 aliphatic heterocycles. The zero-order valence-corrected chi connectivity index (χ0v) is 11.6. The Morgan fingerprint density at radius 2 is 2.16 bits per heavy atom. The van der Waals surface area contributed by atoms with Crippen LogP contribution in [-0.2, 0) is 14.3 Å². The number of methoxy groups -OCH3 is 1. The molecule has 2 aliphatic rings. The highest BCUT2D eigenvalue weighted by Gasteiger charge is 2.37. The number of fused-ring (bicyclic) bond motifs is 1. The zero-order valence-electron chi connectivity index (χ0n) is 11.6. The minimum atomic E-state index is -0.599. The van der Waals surface area contributed by atoms with Gasteiger partial charge in [-0.2, -0.15) is 0 Å². The molecule has 0 aliphatic carbocycles. The van der Waals surface area contributed by atoms with Crippen molar-refractivity contribution in [2.75, 3.05) is 26.7 Å². The summed E-state index contributed by atoms with van der Waals surface area (Å²) in [5.41, 5.74) is 0. The predicted molar refractivity (Wildman–Crippen MR) is 70.6 cm³/mol. The van der Waals surface area contributed by atoms with Crippen LogP contribution < -0.4 is 10.6 Å². The van der Waals surface area contributed by atoms with Gasteiger partial charge in [0.25, 0.3) is 0 Å². The van der Waals surface area contributed by atoms with Gasteiger partial charge in [-0.25, -0.2) is 4.79 Å². The monoisotopic (exact) mass is 269 g/mol. The van der Waals surface area contributed by atoms with Crippen molar-refractivity contribution in [1.82, 2.24) is 15.5 Å². The van der Waals surface area contributed by atoms with Crippen LogP contribution in [0, 0.1) is 0 Å². The van der Waals surface area contributed by atoms with Gasteiger partial charge in [-0.1, -0.05) is 0 Å². The molecule has 2 saturated heterocycles. The molecule has 3 unspecified atom stereocenters. The summed E-state index contributed by atoms with van der Waals surface area (Å²) >= 11 is 0. The summed E-state index contributed by atoms with van der Waals surface area (Å²) < 4.78 is 4.71. The summed E-state index contributed by atoms with van der Waals surface area (Å²) in [5.74, 6) is -0.616. The van der Waals surface area contributed by atoms with E-state index in [0.29, 0.717) is 18.6 Å². The maximum atomic E-state index is 11.6. The summed E-state index contributed by atoms with van der Waals surface area (Å²) in [7, 11) is 1.34. The van der Waals surface area contributed by atoms with Gasteiger partial charge in [-0.15, -0.1) is 0 Å². The quantitative estimate of drug-likeness (QED) is 0.658. The minimum absolute atomic E-state index is 0.217. The summed E-state index contributed by atoms with van der Waals surface area (Å²) in [6.07, 6.45) is 3.59. The Bertz CT molecular complexity index is 348. The van der Waals surface area contributed by atoms with E-state index >= 15 is 0 Å². The molecule has 0 radical (unpaired) electrons. The van der Waals surface area contributed by atoms with Crippen molar-refractivity contribution in [3.8, 4) is 0 Å². The van der Waals surface area contributed by atoms with Crippen LogP contribution in [-0.4, -0.2) is 61.6 Å². The van der Waals surface area contributed by atoms with Gasteiger partial charge >= 0.3 is 5.97 Å². The lowest BCUT2D eigenvalue weighted by molar-refractivity contribution is -0.144. The van der Waals surface area contributed by atoms with Gasteiger partial charge < -0.3 is 15.4 Å². The molecular formula is C13H23N3O3. The molecular weight excluding hydrogens is 246 g/mol. The Morgan fingerprint density at radius 1 is 1.37 bits per heavy atom. The van der Waals surface area contributed by atoms with E-state index in [1.807, 2.05) is 0 Å². The lowest BCUT2D eigenvalue weighted by Gasteiger charge is -2.23. The Kier molecular flexibility index (Phi) is 4.76. The van der Waals surface area contributed by atoms with Crippen molar-refractivity contribution in [2.45, 2.75) is 44.3 Å². The smallest absolute Gasteiger partial charge is 0.329 e. The zero-order chi connectivity index (χ0) is 13.8. The van der Waals surface area contributed by atoms with Crippen LogP contribution in [0.1, 0.15) is 26.2 Å². The van der Waals surface area contributed by atoms with E-state index < -0.39 is 12.0 Å². The lowest BCUT2D eigenvalue weighted by Crippen LogP contribution is -2.51. The predicted octanol–water partition coefficient (Wildman–Crippen LogP) is -0.510. The van der Waals surface area contributed by atoms with E-state index in [2.05, 4.69) is 15.5 Å². The standard InChI is InChI=1S/C13H23N3O3/c1-9(17)15-11(13(18)19-2)8-14-10-5-7-16-6-3-4-12(10)16/h10-12,14H,3-8H2,1-2H3,(H,15,17). The Balaban J connectivity index is 1.84. The first kappa shape index (κ1) is 14.3. The molecule has 2 fully saturated rings. The third-order valence-corrected chi connectivity index (χ3v) is 4.05. The molecule has 2 heterocycles. The van der Waals surface area contributed by atoms with Crippen LogP contribution in [0.15, 0.2) is 0 Å². The molecule has 0 bridgehead atoms. The average molecular weight is 269 g/mol. The number of carbonyl (C=O) groups excluding carboxylic acids is 2. The second-order valence-electron chi connectivity index (χ2n) is 5.33. The first-order chi connectivity index (χ1) is 9.11. The molecule has 0 aromatic rings. The number of ether oxygens (including phenoxy) is 1. The average Bonchev–Trinajstić information content (AvgIpc) is 2.96. The first-order valence-corrected chi connectivity index (χ1v) is 6.94. The molecule has 19 heavy (non-hydrogen) atoms. The number of esters is 1. The summed E-state index contributed by atoms with van der Waals surface area (Å²) in [6, 6.07) is 0.414. The van der Waals surface area contributed by atoms with Gasteiger partial charge in [0.15, 0.2) is 0 Å². The molecule has 2 rings (SSSR count). The third kappa shape index (κ3) is 3.45. The molecule has 0 aromatic carbocycles. The van der Waals surface area contributed by atoms with Gasteiger partial charge in [0, 0.05) is 32.1 Å². The second kappa shape index (κ2) is 6.34. The Labute approximate surface area is 113 Å². The van der Waals surface area contributed by atoms with Crippen LogP contribution >= 0.6 is 0 Å². The highest BCUT2D eigenvalue weighted by Crippen LogP contribution is 2.27. The molecule has 2 N–H and O–H groups in total. The van der Waals surface area contributed by atoms with Crippen LogP contribution in [0.3, 0.4) is 0 Å². The van der Waals surface area contributed by atoms with E-state index in [1.54, 1.807) is 0 Å². The molecule has 3 atom stereocenters. The summed E-state index contributed by atoms with van der Waals surface area (Å²) in [5, 5.41) is 6.04. The number of rotatable bonds is 5. The van der Waals surface area contributed by atoms with Gasteiger partial charge in [0.1, 0.15) is 6.04 Å². The lowest BCUT2D eigenvalue weighted by atomic mass is 10.1. The van der Waals surface area contributed by atoms with Crippen molar-refractivity contribution in [3.05, 3.63) is 0 Å². The van der Waals surface area contributed by atoms with Crippen molar-refractivity contribution in [2.24, 2.45) is 0 Å². The largest absolute Gasteiger partial charge is 0.467 e. The normalized spacial score (nSPS) is 27.9. The van der Waals surface area contributed by atoms with Crippen molar-refractivity contribution in [3.63, 3.8) is 0 Å². The second-order valence-corrected chi connectivity index (χ2v) is 5.33. The van der Waals surface area contributed by atoms with Gasteiger partial charge in [-0.3, -0.25) is 9.69 Å². The fourth-order valence-corrected chi connectivity index (χ4v) is 3.17. The molecule has 0 saturated carbocycles. The van der Waals surface area contributed by atoms with Gasteiger partial charge in [-0.05, 0) is 25.8 Å². The van der Waals surface area contributed by atoms with E-state index in [0.717, 1.165) is 13.0 Å². The number of hydrogen-bond donors (Lipinski definition) is 2. The minimum Gasteiger partial charge on any atom is -0.467 e. The third-order valence-electron chi connectivity index (χ3n) is 4.05. The number of hydrogen-bond acceptors (Lipinski definition) is 5. The van der Waals surface area contributed by atoms with Crippen molar-refractivity contribution < 1.29 is 14.3 Å². The van der Waals surface area contributed by atoms with Crippen LogP contribution in [0.25, 0.3) is 0 Å². The molecule has 108 valence electrons. The van der Waals surface area contributed by atoms with Crippen LogP contribution in [0.5, 0.6) is 0 Å². The summed E-state index contributed by atoms with van der Waals surface area (Å²) in [6.45, 7) is 4.16. The maximum absolute atomic E-state index is 11.6. The van der Waals surface area contributed by atoms with E-state index in [1.165, 1.54) is 33.4 Å². The fraction of sp³-hybridized carbons (Fsp3) is 0.846. The molecule has 0 aromatic heterocycles. The van der Waals surface area contributed by atoms with Crippen LogP contribution in [0.4, 0.5) is 0 Å². The molecule has 6 heteroatoms. The highest BCUT2D eigenvalue weighted by molar-refractivity contribution is 5.83. The molecule has 0 spiro atoms. The summed E-state index contributed by atoms with van der Waals surface area (Å²) in [4.78, 5) is 25.2. The number of nitrogens with one attached hydrogen (secondary N) is 2. The number of nitrogens with zero attached hydrogens (tertiary/aromatic N) is 1. The fourth-order valence-electron chi connectivity index (χ4n) is 3.17. The van der Waals surface area contributed by atoms with Crippen molar-refractivity contribution >= 4 is 11.9 Å². The Morgan fingerprint density at radius 3 is 2.84 bits per heavy atom. The van der Waals surface area contributed by atoms with Crippen LogP contribution in [0.2, 0.25) is 0 Å². The number of carbonyl (C=O) groups is 2. The van der Waals surface area contributed by atoms with Crippen molar-refractivity contribution in [1.29, 1.82) is 0 Å². The molecule has 6 nitrogen and oxygen atoms in total. The van der Waals surface area contributed by atoms with E-state index in [-0.39, 0.29) is 5.91 Å². The Hall–Kier alpha value is -1.14.